The van der Waals surface area contributed by atoms with Gasteiger partial charge in [0.05, 0.1) is 5.56 Å². The predicted octanol–water partition coefficient (Wildman–Crippen LogP) is 3.44. The number of hydrogen-bond acceptors (Lipinski definition) is 2. The largest absolute Gasteiger partial charge is 0.478 e. The first-order valence-electron chi connectivity index (χ1n) is 6.55. The molecule has 1 aliphatic carbocycles. The fourth-order valence-corrected chi connectivity index (χ4v) is 2.69. The summed E-state index contributed by atoms with van der Waals surface area (Å²) in [4.78, 5) is 24.7. The molecule has 0 bridgehead atoms. The molecule has 1 saturated carbocycles. The number of benzene rings is 1. The van der Waals surface area contributed by atoms with Crippen LogP contribution < -0.4 is 5.32 Å². The van der Waals surface area contributed by atoms with Gasteiger partial charge in [-0.1, -0.05) is 24.4 Å². The first-order valence-corrected chi connectivity index (χ1v) is 6.93. The van der Waals surface area contributed by atoms with Crippen molar-refractivity contribution in [3.63, 3.8) is 0 Å². The third kappa shape index (κ3) is 3.42. The van der Waals surface area contributed by atoms with E-state index < -0.39 is 5.97 Å². The summed E-state index contributed by atoms with van der Waals surface area (Å²) in [5, 5.41) is 11.9. The summed E-state index contributed by atoms with van der Waals surface area (Å²) in [6.45, 7) is 0. The minimum absolute atomic E-state index is 0.0521. The summed E-state index contributed by atoms with van der Waals surface area (Å²) < 4.78 is 0. The predicted molar refractivity (Wildman–Crippen MR) is 77.4 cm³/mol. The normalized spacial score (nSPS) is 15.1. The molecular weight excluding hydrogens is 280 g/mol. The van der Waals surface area contributed by atoms with Crippen LogP contribution in [0.15, 0.2) is 18.2 Å². The average molecular weight is 297 g/mol. The minimum atomic E-state index is -1.08. The molecule has 20 heavy (non-hydrogen) atoms. The summed E-state index contributed by atoms with van der Waals surface area (Å²) >= 11 is 5.86. The van der Waals surface area contributed by atoms with Gasteiger partial charge in [-0.05, 0) is 31.0 Å². The zero-order valence-corrected chi connectivity index (χ0v) is 12.0. The van der Waals surface area contributed by atoms with Gasteiger partial charge in [-0.2, -0.15) is 0 Å². The van der Waals surface area contributed by atoms with Gasteiger partial charge in [0.15, 0.2) is 0 Å². The number of rotatable bonds is 3. The third-order valence-corrected chi connectivity index (χ3v) is 3.81. The Hall–Kier alpha value is -1.75. The number of nitrogens with zero attached hydrogens (tertiary/aromatic N) is 1. The molecule has 5 nitrogen and oxygen atoms in total. The van der Waals surface area contributed by atoms with Gasteiger partial charge in [0.1, 0.15) is 0 Å². The number of anilines is 1. The molecule has 0 aromatic heterocycles. The SMILES string of the molecule is CN(C(=O)Nc1cc(Cl)cc(C(=O)O)c1)C1CCCC1. The molecule has 2 rings (SSSR count). The van der Waals surface area contributed by atoms with Crippen molar-refractivity contribution in [1.29, 1.82) is 0 Å². The molecule has 0 unspecified atom stereocenters. The maximum Gasteiger partial charge on any atom is 0.335 e. The van der Waals surface area contributed by atoms with Crippen LogP contribution in [0, 0.1) is 0 Å². The molecule has 0 radical (unpaired) electrons. The second kappa shape index (κ2) is 6.13. The molecule has 0 spiro atoms. The number of urea groups is 1. The lowest BCUT2D eigenvalue weighted by atomic mass is 10.2. The van der Waals surface area contributed by atoms with E-state index in [4.69, 9.17) is 16.7 Å². The molecule has 6 heteroatoms. The Balaban J connectivity index is 2.08. The molecular formula is C14H17ClN2O3. The van der Waals surface area contributed by atoms with Crippen molar-refractivity contribution in [2.24, 2.45) is 0 Å². The van der Waals surface area contributed by atoms with Gasteiger partial charge in [0, 0.05) is 23.8 Å². The highest BCUT2D eigenvalue weighted by molar-refractivity contribution is 6.31. The molecule has 1 fully saturated rings. The fourth-order valence-electron chi connectivity index (χ4n) is 2.45. The quantitative estimate of drug-likeness (QED) is 0.897. The van der Waals surface area contributed by atoms with Crippen LogP contribution in [-0.2, 0) is 0 Å². The maximum absolute atomic E-state index is 12.1. The van der Waals surface area contributed by atoms with E-state index in [1.807, 2.05) is 0 Å². The van der Waals surface area contributed by atoms with Crippen molar-refractivity contribution in [3.8, 4) is 0 Å². The van der Waals surface area contributed by atoms with Crippen molar-refractivity contribution in [2.75, 3.05) is 12.4 Å². The first kappa shape index (κ1) is 14.7. The highest BCUT2D eigenvalue weighted by Gasteiger charge is 2.23. The summed E-state index contributed by atoms with van der Waals surface area (Å²) in [5.41, 5.74) is 0.445. The molecule has 1 aromatic carbocycles. The number of carboxylic acid groups (broad SMARTS) is 1. The van der Waals surface area contributed by atoms with Gasteiger partial charge in [0.25, 0.3) is 0 Å². The van der Waals surface area contributed by atoms with E-state index in [0.717, 1.165) is 25.7 Å². The van der Waals surface area contributed by atoms with Crippen molar-refractivity contribution in [3.05, 3.63) is 28.8 Å². The fraction of sp³-hybridized carbons (Fsp3) is 0.429. The number of carbonyl (C=O) groups is 2. The Kier molecular flexibility index (Phi) is 4.49. The van der Waals surface area contributed by atoms with Crippen molar-refractivity contribution in [1.82, 2.24) is 4.90 Å². The van der Waals surface area contributed by atoms with Gasteiger partial charge in [-0.25, -0.2) is 9.59 Å². The standard InChI is InChI=1S/C14H17ClN2O3/c1-17(12-4-2-3-5-12)14(20)16-11-7-9(13(18)19)6-10(15)8-11/h6-8,12H,2-5H2,1H3,(H,16,20)(H,18,19). The molecule has 0 atom stereocenters. The zero-order chi connectivity index (χ0) is 14.7. The lowest BCUT2D eigenvalue weighted by Crippen LogP contribution is -2.38. The lowest BCUT2D eigenvalue weighted by Gasteiger charge is -2.24. The number of amides is 2. The second-order valence-corrected chi connectivity index (χ2v) is 5.45. The van der Waals surface area contributed by atoms with Gasteiger partial charge < -0.3 is 15.3 Å². The molecule has 0 heterocycles. The van der Waals surface area contributed by atoms with Gasteiger partial charge >= 0.3 is 12.0 Å². The Bertz CT molecular complexity index is 527. The average Bonchev–Trinajstić information content (AvgIpc) is 2.90. The zero-order valence-electron chi connectivity index (χ0n) is 11.2. The Morgan fingerprint density at radius 3 is 2.55 bits per heavy atom. The molecule has 1 aromatic rings. The van der Waals surface area contributed by atoms with Crippen LogP contribution in [0.2, 0.25) is 5.02 Å². The minimum Gasteiger partial charge on any atom is -0.478 e. The summed E-state index contributed by atoms with van der Waals surface area (Å²) in [5.74, 6) is -1.08. The maximum atomic E-state index is 12.1. The molecule has 2 amide bonds. The van der Waals surface area contributed by atoms with Crippen LogP contribution in [-0.4, -0.2) is 35.1 Å². The lowest BCUT2D eigenvalue weighted by molar-refractivity contribution is 0.0697. The summed E-state index contributed by atoms with van der Waals surface area (Å²) in [6.07, 6.45) is 4.31. The van der Waals surface area contributed by atoms with E-state index in [0.29, 0.717) is 5.69 Å². The number of carboxylic acids is 1. The Morgan fingerprint density at radius 2 is 1.95 bits per heavy atom. The van der Waals surface area contributed by atoms with E-state index in [1.54, 1.807) is 11.9 Å². The summed E-state index contributed by atoms with van der Waals surface area (Å²) in [6, 6.07) is 4.30. The Labute approximate surface area is 122 Å². The van der Waals surface area contributed by atoms with Crippen LogP contribution in [0.25, 0.3) is 0 Å². The van der Waals surface area contributed by atoms with E-state index in [9.17, 15) is 9.59 Å². The van der Waals surface area contributed by atoms with Crippen molar-refractivity contribution < 1.29 is 14.7 Å². The van der Waals surface area contributed by atoms with Crippen molar-refractivity contribution >= 4 is 29.3 Å². The molecule has 0 saturated heterocycles. The van der Waals surface area contributed by atoms with Crippen LogP contribution in [0.5, 0.6) is 0 Å². The van der Waals surface area contributed by atoms with Crippen LogP contribution >= 0.6 is 11.6 Å². The van der Waals surface area contributed by atoms with Gasteiger partial charge in [-0.15, -0.1) is 0 Å². The third-order valence-electron chi connectivity index (χ3n) is 3.59. The smallest absolute Gasteiger partial charge is 0.335 e. The topological polar surface area (TPSA) is 69.6 Å². The monoisotopic (exact) mass is 296 g/mol. The number of nitrogens with one attached hydrogen (secondary N) is 1. The highest BCUT2D eigenvalue weighted by atomic mass is 35.5. The van der Waals surface area contributed by atoms with Gasteiger partial charge in [0.2, 0.25) is 0 Å². The van der Waals surface area contributed by atoms with E-state index in [1.165, 1.54) is 18.2 Å². The van der Waals surface area contributed by atoms with Crippen LogP contribution in [0.3, 0.4) is 0 Å². The van der Waals surface area contributed by atoms with Crippen LogP contribution in [0.1, 0.15) is 36.0 Å². The number of hydrogen-bond donors (Lipinski definition) is 2. The van der Waals surface area contributed by atoms with Gasteiger partial charge in [-0.3, -0.25) is 0 Å². The number of carbonyl (C=O) groups excluding carboxylic acids is 1. The first-order chi connectivity index (χ1) is 9.47. The van der Waals surface area contributed by atoms with E-state index in [-0.39, 0.29) is 22.7 Å². The number of aromatic carboxylic acids is 1. The number of halogens is 1. The molecule has 0 aliphatic heterocycles. The molecule has 108 valence electrons. The second-order valence-electron chi connectivity index (χ2n) is 5.01. The summed E-state index contributed by atoms with van der Waals surface area (Å²) in [7, 11) is 1.76. The molecule has 2 N–H and O–H groups in total. The van der Waals surface area contributed by atoms with E-state index in [2.05, 4.69) is 5.32 Å². The Morgan fingerprint density at radius 1 is 1.30 bits per heavy atom. The van der Waals surface area contributed by atoms with Crippen molar-refractivity contribution in [2.45, 2.75) is 31.7 Å². The van der Waals surface area contributed by atoms with E-state index >= 15 is 0 Å². The molecule has 1 aliphatic rings. The van der Waals surface area contributed by atoms with Crippen LogP contribution in [0.4, 0.5) is 10.5 Å². The highest BCUT2D eigenvalue weighted by Crippen LogP contribution is 2.24.